The maximum Gasteiger partial charge on any atom is 0.340 e. The number of esters is 1. The molecule has 0 saturated carbocycles. The molecule has 3 rings (SSSR count). The Balaban J connectivity index is 1.77. The molecule has 3 aromatic rings. The number of carbonyl (C=O) groups excluding carboxylic acids is 1. The SMILES string of the molecule is O=C(OCc1ccccn1)c1c[nH]c2ccccc12. The van der Waals surface area contributed by atoms with Crippen LogP contribution in [0.5, 0.6) is 0 Å². The number of aromatic nitrogens is 2. The number of H-pyrrole nitrogens is 1. The van der Waals surface area contributed by atoms with E-state index in [-0.39, 0.29) is 12.6 Å². The number of para-hydroxylation sites is 1. The van der Waals surface area contributed by atoms with Crippen LogP contribution in [-0.2, 0) is 11.3 Å². The second-order valence-electron chi connectivity index (χ2n) is 4.15. The molecule has 1 N–H and O–H groups in total. The molecule has 0 saturated heterocycles. The van der Waals surface area contributed by atoms with Crippen LogP contribution in [0, 0.1) is 0 Å². The van der Waals surface area contributed by atoms with Gasteiger partial charge in [0.15, 0.2) is 0 Å². The monoisotopic (exact) mass is 252 g/mol. The topological polar surface area (TPSA) is 55.0 Å². The van der Waals surface area contributed by atoms with E-state index in [0.29, 0.717) is 5.56 Å². The van der Waals surface area contributed by atoms with Crippen LogP contribution in [0.25, 0.3) is 10.9 Å². The van der Waals surface area contributed by atoms with Crippen LogP contribution < -0.4 is 0 Å². The molecule has 4 nitrogen and oxygen atoms in total. The van der Waals surface area contributed by atoms with Gasteiger partial charge in [0.05, 0.1) is 11.3 Å². The van der Waals surface area contributed by atoms with Gasteiger partial charge in [0.1, 0.15) is 6.61 Å². The predicted octanol–water partition coefficient (Wildman–Crippen LogP) is 2.92. The summed E-state index contributed by atoms with van der Waals surface area (Å²) in [7, 11) is 0. The Morgan fingerprint density at radius 2 is 2.00 bits per heavy atom. The number of hydrogen-bond acceptors (Lipinski definition) is 3. The van der Waals surface area contributed by atoms with E-state index in [0.717, 1.165) is 16.6 Å². The second-order valence-corrected chi connectivity index (χ2v) is 4.15. The fourth-order valence-corrected chi connectivity index (χ4v) is 1.94. The van der Waals surface area contributed by atoms with E-state index in [1.807, 2.05) is 42.5 Å². The molecule has 0 unspecified atom stereocenters. The minimum Gasteiger partial charge on any atom is -0.456 e. The Hall–Kier alpha value is -2.62. The van der Waals surface area contributed by atoms with Gasteiger partial charge < -0.3 is 9.72 Å². The van der Waals surface area contributed by atoms with Crippen LogP contribution in [0.3, 0.4) is 0 Å². The summed E-state index contributed by atoms with van der Waals surface area (Å²) in [6.07, 6.45) is 3.35. The van der Waals surface area contributed by atoms with E-state index in [1.165, 1.54) is 0 Å². The third-order valence-corrected chi connectivity index (χ3v) is 2.89. The van der Waals surface area contributed by atoms with Crippen molar-refractivity contribution in [1.82, 2.24) is 9.97 Å². The molecular formula is C15H12N2O2. The summed E-state index contributed by atoms with van der Waals surface area (Å²) >= 11 is 0. The molecule has 0 atom stereocenters. The largest absolute Gasteiger partial charge is 0.456 e. The van der Waals surface area contributed by atoms with Gasteiger partial charge in [0.2, 0.25) is 0 Å². The molecule has 19 heavy (non-hydrogen) atoms. The van der Waals surface area contributed by atoms with Crippen LogP contribution in [0.15, 0.2) is 54.9 Å². The highest BCUT2D eigenvalue weighted by molar-refractivity contribution is 6.03. The van der Waals surface area contributed by atoms with E-state index in [9.17, 15) is 4.79 Å². The average Bonchev–Trinajstić information content (AvgIpc) is 2.90. The van der Waals surface area contributed by atoms with Crippen molar-refractivity contribution in [1.29, 1.82) is 0 Å². The lowest BCUT2D eigenvalue weighted by Gasteiger charge is -2.03. The lowest BCUT2D eigenvalue weighted by molar-refractivity contribution is 0.0470. The van der Waals surface area contributed by atoms with Gasteiger partial charge in [0, 0.05) is 23.3 Å². The van der Waals surface area contributed by atoms with Gasteiger partial charge >= 0.3 is 5.97 Å². The minimum atomic E-state index is -0.344. The van der Waals surface area contributed by atoms with Gasteiger partial charge in [-0.2, -0.15) is 0 Å². The third-order valence-electron chi connectivity index (χ3n) is 2.89. The molecule has 1 aromatic carbocycles. The van der Waals surface area contributed by atoms with Gasteiger partial charge in [0.25, 0.3) is 0 Å². The summed E-state index contributed by atoms with van der Waals surface area (Å²) in [6.45, 7) is 0.180. The van der Waals surface area contributed by atoms with Gasteiger partial charge in [-0.3, -0.25) is 4.98 Å². The zero-order valence-corrected chi connectivity index (χ0v) is 10.2. The van der Waals surface area contributed by atoms with E-state index in [2.05, 4.69) is 9.97 Å². The summed E-state index contributed by atoms with van der Waals surface area (Å²) in [5.41, 5.74) is 2.20. The number of nitrogens with one attached hydrogen (secondary N) is 1. The standard InChI is InChI=1S/C15H12N2O2/c18-15(19-10-11-5-3-4-8-16-11)13-9-17-14-7-2-1-6-12(13)14/h1-9,17H,10H2. The van der Waals surface area contributed by atoms with E-state index >= 15 is 0 Å². The average molecular weight is 252 g/mol. The first-order chi connectivity index (χ1) is 9.34. The lowest BCUT2D eigenvalue weighted by Crippen LogP contribution is -2.05. The molecule has 0 spiro atoms. The van der Waals surface area contributed by atoms with Gasteiger partial charge in [-0.25, -0.2) is 4.79 Å². The van der Waals surface area contributed by atoms with Gasteiger partial charge in [-0.15, -0.1) is 0 Å². The molecule has 2 aromatic heterocycles. The van der Waals surface area contributed by atoms with Crippen molar-refractivity contribution < 1.29 is 9.53 Å². The number of rotatable bonds is 3. The Labute approximate surface area is 110 Å². The molecule has 0 bridgehead atoms. The number of fused-ring (bicyclic) bond motifs is 1. The smallest absolute Gasteiger partial charge is 0.340 e. The molecule has 0 aliphatic heterocycles. The zero-order chi connectivity index (χ0) is 13.1. The maximum atomic E-state index is 12.0. The van der Waals surface area contributed by atoms with Crippen molar-refractivity contribution in [2.75, 3.05) is 0 Å². The van der Waals surface area contributed by atoms with E-state index in [4.69, 9.17) is 4.74 Å². The van der Waals surface area contributed by atoms with Crippen molar-refractivity contribution in [3.8, 4) is 0 Å². The van der Waals surface area contributed by atoms with Crippen LogP contribution in [-0.4, -0.2) is 15.9 Å². The van der Waals surface area contributed by atoms with Crippen LogP contribution in [0.2, 0.25) is 0 Å². The molecule has 0 aliphatic rings. The van der Waals surface area contributed by atoms with Crippen molar-refractivity contribution in [3.63, 3.8) is 0 Å². The number of benzene rings is 1. The first kappa shape index (κ1) is 11.5. The van der Waals surface area contributed by atoms with Crippen molar-refractivity contribution in [3.05, 3.63) is 66.1 Å². The number of pyridine rings is 1. The Morgan fingerprint density at radius 3 is 2.84 bits per heavy atom. The highest BCUT2D eigenvalue weighted by Crippen LogP contribution is 2.18. The molecule has 0 fully saturated rings. The molecule has 4 heteroatoms. The lowest BCUT2D eigenvalue weighted by atomic mass is 10.2. The molecular weight excluding hydrogens is 240 g/mol. The quantitative estimate of drug-likeness (QED) is 0.729. The number of carbonyl (C=O) groups is 1. The molecule has 0 aliphatic carbocycles. The third kappa shape index (κ3) is 2.33. The maximum absolute atomic E-state index is 12.0. The summed E-state index contributed by atoms with van der Waals surface area (Å²) < 4.78 is 5.26. The normalized spacial score (nSPS) is 10.5. The second kappa shape index (κ2) is 4.94. The fraction of sp³-hybridized carbons (Fsp3) is 0.0667. The number of hydrogen-bond donors (Lipinski definition) is 1. The van der Waals surface area contributed by atoms with Crippen molar-refractivity contribution in [2.45, 2.75) is 6.61 Å². The first-order valence-electron chi connectivity index (χ1n) is 5.98. The Bertz CT molecular complexity index is 704. The Kier molecular flexibility index (Phi) is 2.98. The number of nitrogens with zero attached hydrogens (tertiary/aromatic N) is 1. The highest BCUT2D eigenvalue weighted by atomic mass is 16.5. The highest BCUT2D eigenvalue weighted by Gasteiger charge is 2.13. The van der Waals surface area contributed by atoms with Crippen LogP contribution in [0.1, 0.15) is 16.1 Å². The first-order valence-corrected chi connectivity index (χ1v) is 5.98. The summed E-state index contributed by atoms with van der Waals surface area (Å²) in [5.74, 6) is -0.344. The fourth-order valence-electron chi connectivity index (χ4n) is 1.94. The van der Waals surface area contributed by atoms with E-state index in [1.54, 1.807) is 12.4 Å². The van der Waals surface area contributed by atoms with Crippen LogP contribution >= 0.6 is 0 Å². The summed E-state index contributed by atoms with van der Waals surface area (Å²) in [4.78, 5) is 19.2. The molecule has 0 amide bonds. The molecule has 2 heterocycles. The summed E-state index contributed by atoms with van der Waals surface area (Å²) in [6, 6.07) is 13.1. The molecule has 94 valence electrons. The predicted molar refractivity (Wildman–Crippen MR) is 71.7 cm³/mol. The van der Waals surface area contributed by atoms with Gasteiger partial charge in [-0.1, -0.05) is 24.3 Å². The zero-order valence-electron chi connectivity index (χ0n) is 10.2. The van der Waals surface area contributed by atoms with Gasteiger partial charge in [-0.05, 0) is 18.2 Å². The van der Waals surface area contributed by atoms with Crippen molar-refractivity contribution >= 4 is 16.9 Å². The van der Waals surface area contributed by atoms with Crippen LogP contribution in [0.4, 0.5) is 0 Å². The number of aromatic amines is 1. The van der Waals surface area contributed by atoms with E-state index < -0.39 is 0 Å². The summed E-state index contributed by atoms with van der Waals surface area (Å²) in [5, 5.41) is 0.869. The molecule has 0 radical (unpaired) electrons. The minimum absolute atomic E-state index is 0.180. The van der Waals surface area contributed by atoms with Crippen molar-refractivity contribution in [2.24, 2.45) is 0 Å². The Morgan fingerprint density at radius 1 is 1.16 bits per heavy atom. The number of ether oxygens (including phenoxy) is 1.